The Labute approximate surface area is 219 Å². The van der Waals surface area contributed by atoms with Crippen LogP contribution in [-0.4, -0.2) is 30.2 Å². The van der Waals surface area contributed by atoms with Crippen molar-refractivity contribution in [3.05, 3.63) is 108 Å². The number of carbonyl (C=O) groups excluding carboxylic acids is 3. The molecule has 192 valence electrons. The molecule has 0 amide bonds. The predicted molar refractivity (Wildman–Crippen MR) is 146 cm³/mol. The van der Waals surface area contributed by atoms with Gasteiger partial charge >= 0.3 is 5.97 Å². The molecule has 5 heteroatoms. The van der Waals surface area contributed by atoms with Gasteiger partial charge in [0, 0.05) is 17.2 Å². The van der Waals surface area contributed by atoms with Gasteiger partial charge in [0.25, 0.3) is 0 Å². The quantitative estimate of drug-likeness (QED) is 0.104. The molecule has 37 heavy (non-hydrogen) atoms. The van der Waals surface area contributed by atoms with Crippen LogP contribution in [0.25, 0.3) is 6.08 Å². The summed E-state index contributed by atoms with van der Waals surface area (Å²) < 4.78 is 11.3. The lowest BCUT2D eigenvalue weighted by molar-refractivity contribution is -0.139. The molecule has 5 nitrogen and oxygen atoms in total. The topological polar surface area (TPSA) is 69.7 Å². The Morgan fingerprint density at radius 1 is 0.784 bits per heavy atom. The van der Waals surface area contributed by atoms with Crippen LogP contribution in [-0.2, 0) is 9.53 Å². The van der Waals surface area contributed by atoms with Gasteiger partial charge in [0.15, 0.2) is 0 Å². The first kappa shape index (κ1) is 27.6. The third-order valence-electron chi connectivity index (χ3n) is 6.15. The molecular weight excluding hydrogens is 464 g/mol. The summed E-state index contributed by atoms with van der Waals surface area (Å²) in [6, 6.07) is 24.1. The fraction of sp³-hybridized carbons (Fsp3) is 0.281. The molecular formula is C32H34O5. The number of Topliss-reactive ketones (excluding diaryl/α,β-unsaturated/α-hetero) is 2. The zero-order valence-corrected chi connectivity index (χ0v) is 21.5. The van der Waals surface area contributed by atoms with E-state index in [0.29, 0.717) is 23.7 Å². The molecule has 3 aromatic carbocycles. The van der Waals surface area contributed by atoms with E-state index in [4.69, 9.17) is 9.47 Å². The number of unbranched alkanes of at least 4 members (excludes halogenated alkanes) is 1. The number of ether oxygens (including phenoxy) is 2. The molecule has 0 heterocycles. The minimum atomic E-state index is -1.57. The van der Waals surface area contributed by atoms with Gasteiger partial charge in [-0.3, -0.25) is 9.59 Å². The summed E-state index contributed by atoms with van der Waals surface area (Å²) in [5, 5.41) is 0. The van der Waals surface area contributed by atoms with Crippen LogP contribution < -0.4 is 4.74 Å². The highest BCUT2D eigenvalue weighted by molar-refractivity contribution is 6.19. The van der Waals surface area contributed by atoms with E-state index >= 15 is 0 Å². The first-order chi connectivity index (χ1) is 18.0. The number of carbonyl (C=O) groups is 3. The van der Waals surface area contributed by atoms with E-state index in [-0.39, 0.29) is 0 Å². The Kier molecular flexibility index (Phi) is 10.8. The van der Waals surface area contributed by atoms with E-state index in [1.807, 2.05) is 24.3 Å². The van der Waals surface area contributed by atoms with Crippen LogP contribution >= 0.6 is 0 Å². The van der Waals surface area contributed by atoms with E-state index in [1.54, 1.807) is 66.7 Å². The van der Waals surface area contributed by atoms with Gasteiger partial charge in [-0.1, -0.05) is 106 Å². The van der Waals surface area contributed by atoms with Crippen LogP contribution in [0, 0.1) is 5.92 Å². The fourth-order valence-corrected chi connectivity index (χ4v) is 3.84. The second-order valence-corrected chi connectivity index (χ2v) is 8.91. The maximum Gasteiger partial charge on any atom is 0.331 e. The van der Waals surface area contributed by atoms with Crippen molar-refractivity contribution in [3.8, 4) is 5.75 Å². The van der Waals surface area contributed by atoms with Crippen molar-refractivity contribution in [1.29, 1.82) is 0 Å². The van der Waals surface area contributed by atoms with Crippen molar-refractivity contribution in [2.75, 3.05) is 6.61 Å². The summed E-state index contributed by atoms with van der Waals surface area (Å²) in [7, 11) is 0. The molecule has 1 atom stereocenters. The van der Waals surface area contributed by atoms with Gasteiger partial charge in [-0.05, 0) is 36.1 Å². The molecule has 0 saturated carbocycles. The molecule has 0 bridgehead atoms. The third kappa shape index (κ3) is 8.57. The van der Waals surface area contributed by atoms with Crippen LogP contribution in [0.2, 0.25) is 0 Å². The van der Waals surface area contributed by atoms with Crippen LogP contribution in [0.5, 0.6) is 5.75 Å². The van der Waals surface area contributed by atoms with Crippen LogP contribution in [0.15, 0.2) is 91.0 Å². The first-order valence-corrected chi connectivity index (χ1v) is 12.8. The molecule has 0 radical (unpaired) electrons. The number of hydrogen-bond donors (Lipinski definition) is 0. The summed E-state index contributed by atoms with van der Waals surface area (Å²) in [5.41, 5.74) is 1.36. The minimum Gasteiger partial charge on any atom is -0.493 e. The molecule has 0 fully saturated rings. The lowest BCUT2D eigenvalue weighted by Crippen LogP contribution is -2.35. The number of hydrogen-bond acceptors (Lipinski definition) is 5. The van der Waals surface area contributed by atoms with E-state index < -0.39 is 23.6 Å². The average Bonchev–Trinajstić information content (AvgIpc) is 2.95. The van der Waals surface area contributed by atoms with Gasteiger partial charge in [0.1, 0.15) is 5.75 Å². The normalized spacial score (nSPS) is 11.9. The van der Waals surface area contributed by atoms with Crippen LogP contribution in [0.4, 0.5) is 0 Å². The van der Waals surface area contributed by atoms with Crippen molar-refractivity contribution < 1.29 is 23.9 Å². The van der Waals surface area contributed by atoms with Gasteiger partial charge in [-0.2, -0.15) is 0 Å². The Balaban J connectivity index is 1.65. The molecule has 0 spiro atoms. The summed E-state index contributed by atoms with van der Waals surface area (Å²) in [4.78, 5) is 38.7. The van der Waals surface area contributed by atoms with E-state index in [2.05, 4.69) is 13.8 Å². The summed E-state index contributed by atoms with van der Waals surface area (Å²) in [5.74, 6) is -0.597. The summed E-state index contributed by atoms with van der Waals surface area (Å²) in [6.45, 7) is 5.06. The third-order valence-corrected chi connectivity index (χ3v) is 6.15. The Bertz CT molecular complexity index is 1120. The standard InChI is InChI=1S/C32H34O5/c1-3-5-12-24(4-2)23-36-28-20-17-25(18-21-28)19-22-29(33)37-32(30(34)26-13-8-6-9-14-26)31(35)27-15-10-7-11-16-27/h6-11,13-22,24,32H,3-5,12,23H2,1-2H3. The highest BCUT2D eigenvalue weighted by Crippen LogP contribution is 2.18. The maximum absolute atomic E-state index is 13.1. The lowest BCUT2D eigenvalue weighted by atomic mass is 9.98. The Morgan fingerprint density at radius 3 is 1.86 bits per heavy atom. The molecule has 0 aliphatic rings. The summed E-state index contributed by atoms with van der Waals surface area (Å²) in [6.07, 6.45) is 5.87. The van der Waals surface area contributed by atoms with Crippen molar-refractivity contribution >= 4 is 23.6 Å². The van der Waals surface area contributed by atoms with Crippen LogP contribution in [0.3, 0.4) is 0 Å². The molecule has 0 aromatic heterocycles. The number of rotatable bonds is 14. The average molecular weight is 499 g/mol. The molecule has 1 unspecified atom stereocenters. The predicted octanol–water partition coefficient (Wildman–Crippen LogP) is 6.97. The van der Waals surface area contributed by atoms with Gasteiger partial charge in [-0.25, -0.2) is 4.79 Å². The highest BCUT2D eigenvalue weighted by atomic mass is 16.5. The molecule has 0 aliphatic heterocycles. The second kappa shape index (κ2) is 14.5. The van der Waals surface area contributed by atoms with Crippen LogP contribution in [0.1, 0.15) is 65.8 Å². The second-order valence-electron chi connectivity index (χ2n) is 8.91. The summed E-state index contributed by atoms with van der Waals surface area (Å²) >= 11 is 0. The van der Waals surface area contributed by atoms with E-state index in [1.165, 1.54) is 18.9 Å². The molecule has 3 rings (SSSR count). The number of ketones is 2. The lowest BCUT2D eigenvalue weighted by Gasteiger charge is -2.15. The molecule has 0 saturated heterocycles. The highest BCUT2D eigenvalue weighted by Gasteiger charge is 2.31. The monoisotopic (exact) mass is 498 g/mol. The van der Waals surface area contributed by atoms with Crippen molar-refractivity contribution in [2.45, 2.75) is 45.6 Å². The fourth-order valence-electron chi connectivity index (χ4n) is 3.84. The van der Waals surface area contributed by atoms with Crippen molar-refractivity contribution in [2.24, 2.45) is 5.92 Å². The first-order valence-electron chi connectivity index (χ1n) is 12.8. The van der Waals surface area contributed by atoms with E-state index in [0.717, 1.165) is 24.2 Å². The zero-order chi connectivity index (χ0) is 26.5. The van der Waals surface area contributed by atoms with Gasteiger partial charge in [-0.15, -0.1) is 0 Å². The maximum atomic E-state index is 13.1. The smallest absolute Gasteiger partial charge is 0.331 e. The van der Waals surface area contributed by atoms with Gasteiger partial charge in [0.05, 0.1) is 6.61 Å². The number of esters is 1. The largest absolute Gasteiger partial charge is 0.493 e. The minimum absolute atomic E-state index is 0.296. The SMILES string of the molecule is CCCCC(CC)COc1ccc(C=CC(=O)OC(C(=O)c2ccccc2)C(=O)c2ccccc2)cc1. The zero-order valence-electron chi connectivity index (χ0n) is 21.5. The Hall–Kier alpha value is -3.99. The van der Waals surface area contributed by atoms with Gasteiger partial charge in [0.2, 0.25) is 17.7 Å². The van der Waals surface area contributed by atoms with Crippen molar-refractivity contribution in [3.63, 3.8) is 0 Å². The number of benzene rings is 3. The molecule has 3 aromatic rings. The van der Waals surface area contributed by atoms with Gasteiger partial charge < -0.3 is 9.47 Å². The van der Waals surface area contributed by atoms with Crippen molar-refractivity contribution in [1.82, 2.24) is 0 Å². The Morgan fingerprint density at radius 2 is 1.35 bits per heavy atom. The molecule has 0 N–H and O–H groups in total. The molecule has 0 aliphatic carbocycles. The van der Waals surface area contributed by atoms with E-state index in [9.17, 15) is 14.4 Å².